The highest BCUT2D eigenvalue weighted by atomic mass is 16.2. The summed E-state index contributed by atoms with van der Waals surface area (Å²) in [5.74, 6) is 0.801. The van der Waals surface area contributed by atoms with Gasteiger partial charge in [0.15, 0.2) is 0 Å². The number of nitrogens with one attached hydrogen (secondary N) is 2. The summed E-state index contributed by atoms with van der Waals surface area (Å²) in [6, 6.07) is 0. The molecular formula is C13H26N2O. The molecule has 0 saturated carbocycles. The van der Waals surface area contributed by atoms with Crippen LogP contribution in [0, 0.1) is 5.92 Å². The Bertz CT molecular complexity index is 218. The Morgan fingerprint density at radius 1 is 1.38 bits per heavy atom. The summed E-state index contributed by atoms with van der Waals surface area (Å²) in [7, 11) is 0. The highest BCUT2D eigenvalue weighted by Gasteiger charge is 2.33. The lowest BCUT2D eigenvalue weighted by Crippen LogP contribution is -2.57. The van der Waals surface area contributed by atoms with Crippen LogP contribution in [0.2, 0.25) is 0 Å². The molecule has 1 aliphatic rings. The van der Waals surface area contributed by atoms with Crippen molar-refractivity contribution in [3.63, 3.8) is 0 Å². The number of hydrogen-bond acceptors (Lipinski definition) is 2. The van der Waals surface area contributed by atoms with Crippen LogP contribution >= 0.6 is 0 Å². The average Bonchev–Trinajstić information content (AvgIpc) is 2.31. The predicted molar refractivity (Wildman–Crippen MR) is 67.3 cm³/mol. The first-order chi connectivity index (χ1) is 7.62. The largest absolute Gasteiger partial charge is 0.354 e. The lowest BCUT2D eigenvalue weighted by Gasteiger charge is -2.33. The zero-order valence-electron chi connectivity index (χ0n) is 10.9. The first-order valence-corrected chi connectivity index (χ1v) is 6.65. The van der Waals surface area contributed by atoms with Crippen LogP contribution < -0.4 is 10.6 Å². The van der Waals surface area contributed by atoms with Gasteiger partial charge in [0.25, 0.3) is 0 Å². The van der Waals surface area contributed by atoms with Gasteiger partial charge in [-0.2, -0.15) is 0 Å². The summed E-state index contributed by atoms with van der Waals surface area (Å²) in [5, 5.41) is 6.44. The van der Waals surface area contributed by atoms with Crippen molar-refractivity contribution >= 4 is 5.91 Å². The highest BCUT2D eigenvalue weighted by Crippen LogP contribution is 2.19. The van der Waals surface area contributed by atoms with Gasteiger partial charge in [0, 0.05) is 6.54 Å². The van der Waals surface area contributed by atoms with Crippen LogP contribution in [-0.4, -0.2) is 24.5 Å². The van der Waals surface area contributed by atoms with Gasteiger partial charge in [-0.15, -0.1) is 0 Å². The molecule has 2 N–H and O–H groups in total. The fraction of sp³-hybridized carbons (Fsp3) is 0.923. The van der Waals surface area contributed by atoms with E-state index in [1.54, 1.807) is 0 Å². The van der Waals surface area contributed by atoms with Crippen LogP contribution in [0.1, 0.15) is 52.9 Å². The minimum Gasteiger partial charge on any atom is -0.354 e. The molecule has 16 heavy (non-hydrogen) atoms. The third-order valence-corrected chi connectivity index (χ3v) is 3.83. The SMILES string of the molecule is CCC(CC)CNC(=O)C1(C)CCCCN1. The number of hydrogen-bond donors (Lipinski definition) is 2. The Hall–Kier alpha value is -0.570. The third kappa shape index (κ3) is 3.48. The molecule has 1 atom stereocenters. The Morgan fingerprint density at radius 2 is 2.06 bits per heavy atom. The van der Waals surface area contributed by atoms with Crippen molar-refractivity contribution in [2.45, 2.75) is 58.4 Å². The molecule has 0 aromatic heterocycles. The Kier molecular flexibility index (Phi) is 5.26. The summed E-state index contributed by atoms with van der Waals surface area (Å²) < 4.78 is 0. The van der Waals surface area contributed by atoms with Gasteiger partial charge < -0.3 is 10.6 Å². The van der Waals surface area contributed by atoms with Crippen molar-refractivity contribution in [1.82, 2.24) is 10.6 Å². The first kappa shape index (κ1) is 13.5. The van der Waals surface area contributed by atoms with E-state index in [2.05, 4.69) is 24.5 Å². The van der Waals surface area contributed by atoms with Crippen molar-refractivity contribution < 1.29 is 4.79 Å². The van der Waals surface area contributed by atoms with E-state index in [9.17, 15) is 4.79 Å². The maximum atomic E-state index is 12.1. The second kappa shape index (κ2) is 6.24. The zero-order valence-corrected chi connectivity index (χ0v) is 10.9. The van der Waals surface area contributed by atoms with Gasteiger partial charge in [-0.25, -0.2) is 0 Å². The maximum absolute atomic E-state index is 12.1. The standard InChI is InChI=1S/C13H26N2O/c1-4-11(5-2)10-14-12(16)13(3)8-6-7-9-15-13/h11,15H,4-10H2,1-3H3,(H,14,16). The van der Waals surface area contributed by atoms with Gasteiger partial charge >= 0.3 is 0 Å². The molecule has 1 rings (SSSR count). The Balaban J connectivity index is 2.38. The highest BCUT2D eigenvalue weighted by molar-refractivity contribution is 5.85. The lowest BCUT2D eigenvalue weighted by atomic mass is 9.90. The van der Waals surface area contributed by atoms with Crippen molar-refractivity contribution in [3.8, 4) is 0 Å². The molecule has 0 radical (unpaired) electrons. The van der Waals surface area contributed by atoms with E-state index in [0.29, 0.717) is 5.92 Å². The molecule has 94 valence electrons. The molecule has 0 aromatic carbocycles. The fourth-order valence-corrected chi connectivity index (χ4v) is 2.26. The van der Waals surface area contributed by atoms with Crippen LogP contribution in [0.25, 0.3) is 0 Å². The molecule has 1 saturated heterocycles. The molecule has 0 aliphatic carbocycles. The van der Waals surface area contributed by atoms with Crippen molar-refractivity contribution in [1.29, 1.82) is 0 Å². The van der Waals surface area contributed by atoms with Gasteiger partial charge in [-0.1, -0.05) is 26.7 Å². The molecule has 1 fully saturated rings. The van der Waals surface area contributed by atoms with E-state index >= 15 is 0 Å². The summed E-state index contributed by atoms with van der Waals surface area (Å²) >= 11 is 0. The number of rotatable bonds is 5. The predicted octanol–water partition coefficient (Wildman–Crippen LogP) is 2.07. The second-order valence-electron chi connectivity index (χ2n) is 5.11. The molecular weight excluding hydrogens is 200 g/mol. The number of carbonyl (C=O) groups excluding carboxylic acids is 1. The molecule has 1 heterocycles. The first-order valence-electron chi connectivity index (χ1n) is 6.65. The normalized spacial score (nSPS) is 25.8. The van der Waals surface area contributed by atoms with E-state index in [1.807, 2.05) is 6.92 Å². The van der Waals surface area contributed by atoms with E-state index in [-0.39, 0.29) is 11.4 Å². The van der Waals surface area contributed by atoms with Crippen LogP contribution in [0.5, 0.6) is 0 Å². The number of piperidine rings is 1. The molecule has 1 amide bonds. The lowest BCUT2D eigenvalue weighted by molar-refractivity contribution is -0.128. The minimum atomic E-state index is -0.329. The zero-order chi connectivity index (χ0) is 12.0. The molecule has 3 nitrogen and oxygen atoms in total. The molecule has 1 unspecified atom stereocenters. The van der Waals surface area contributed by atoms with Gasteiger partial charge in [-0.3, -0.25) is 4.79 Å². The Labute approximate surface area is 99.4 Å². The topological polar surface area (TPSA) is 41.1 Å². The average molecular weight is 226 g/mol. The molecule has 0 spiro atoms. The third-order valence-electron chi connectivity index (χ3n) is 3.83. The fourth-order valence-electron chi connectivity index (χ4n) is 2.26. The van der Waals surface area contributed by atoms with Gasteiger partial charge in [-0.05, 0) is 38.6 Å². The molecule has 1 aliphatic heterocycles. The van der Waals surface area contributed by atoms with Crippen molar-refractivity contribution in [3.05, 3.63) is 0 Å². The summed E-state index contributed by atoms with van der Waals surface area (Å²) in [6.07, 6.45) is 5.58. The minimum absolute atomic E-state index is 0.180. The monoisotopic (exact) mass is 226 g/mol. The van der Waals surface area contributed by atoms with Crippen LogP contribution in [0.4, 0.5) is 0 Å². The van der Waals surface area contributed by atoms with Crippen LogP contribution in [0.15, 0.2) is 0 Å². The van der Waals surface area contributed by atoms with E-state index in [4.69, 9.17) is 0 Å². The van der Waals surface area contributed by atoms with Crippen LogP contribution in [0.3, 0.4) is 0 Å². The smallest absolute Gasteiger partial charge is 0.240 e. The van der Waals surface area contributed by atoms with Crippen molar-refractivity contribution in [2.24, 2.45) is 5.92 Å². The maximum Gasteiger partial charge on any atom is 0.240 e. The molecule has 3 heteroatoms. The van der Waals surface area contributed by atoms with Crippen molar-refractivity contribution in [2.75, 3.05) is 13.1 Å². The van der Waals surface area contributed by atoms with Gasteiger partial charge in [0.2, 0.25) is 5.91 Å². The molecule has 0 aromatic rings. The van der Waals surface area contributed by atoms with E-state index < -0.39 is 0 Å². The van der Waals surface area contributed by atoms with Gasteiger partial charge in [0.1, 0.15) is 0 Å². The van der Waals surface area contributed by atoms with E-state index in [1.165, 1.54) is 6.42 Å². The summed E-state index contributed by atoms with van der Waals surface area (Å²) in [5.41, 5.74) is -0.329. The van der Waals surface area contributed by atoms with Crippen LogP contribution in [-0.2, 0) is 4.79 Å². The number of carbonyl (C=O) groups is 1. The number of amides is 1. The second-order valence-corrected chi connectivity index (χ2v) is 5.11. The van der Waals surface area contributed by atoms with Gasteiger partial charge in [0.05, 0.1) is 5.54 Å². The quantitative estimate of drug-likeness (QED) is 0.753. The molecule has 0 bridgehead atoms. The Morgan fingerprint density at radius 3 is 2.56 bits per heavy atom. The summed E-state index contributed by atoms with van der Waals surface area (Å²) in [6.45, 7) is 8.17. The van der Waals surface area contributed by atoms with E-state index in [0.717, 1.165) is 38.8 Å². The summed E-state index contributed by atoms with van der Waals surface area (Å²) in [4.78, 5) is 12.1.